The van der Waals surface area contributed by atoms with Crippen molar-refractivity contribution in [3.63, 3.8) is 0 Å². The number of carboxylic acids is 1. The van der Waals surface area contributed by atoms with Crippen molar-refractivity contribution in [2.24, 2.45) is 0 Å². The van der Waals surface area contributed by atoms with Gasteiger partial charge in [-0.05, 0) is 38.3 Å². The Balaban J connectivity index is 2.15. The molecule has 1 aromatic rings. The molecule has 0 atom stereocenters. The van der Waals surface area contributed by atoms with Crippen LogP contribution in [0.5, 0.6) is 0 Å². The predicted molar refractivity (Wildman–Crippen MR) is 65.4 cm³/mol. The fourth-order valence-corrected chi connectivity index (χ4v) is 3.17. The molecule has 0 fully saturated rings. The first-order chi connectivity index (χ1) is 7.58. The molecule has 1 aromatic heterocycles. The maximum Gasteiger partial charge on any atom is 0.345 e. The summed E-state index contributed by atoms with van der Waals surface area (Å²) in [5.74, 6) is -0.793. The monoisotopic (exact) mass is 239 g/mol. The van der Waals surface area contributed by atoms with Gasteiger partial charge < -0.3 is 10.0 Å². The van der Waals surface area contributed by atoms with Crippen molar-refractivity contribution < 1.29 is 9.90 Å². The molecule has 0 unspecified atom stereocenters. The second-order valence-corrected chi connectivity index (χ2v) is 5.63. The number of carboxylic acid groups (broad SMARTS) is 1. The number of fused-ring (bicyclic) bond motifs is 1. The Hall–Kier alpha value is -0.870. The molecule has 1 N–H and O–H groups in total. The summed E-state index contributed by atoms with van der Waals surface area (Å²) < 4.78 is 0. The number of hydrogen-bond acceptors (Lipinski definition) is 3. The normalized spacial score (nSPS) is 17.2. The Morgan fingerprint density at radius 2 is 2.12 bits per heavy atom. The summed E-state index contributed by atoms with van der Waals surface area (Å²) >= 11 is 1.44. The van der Waals surface area contributed by atoms with E-state index in [1.165, 1.54) is 21.8 Å². The summed E-state index contributed by atoms with van der Waals surface area (Å²) in [5.41, 5.74) is 1.24. The number of nitrogens with zero attached hydrogens (tertiary/aromatic N) is 1. The summed E-state index contributed by atoms with van der Waals surface area (Å²) in [6.07, 6.45) is 1.97. The van der Waals surface area contributed by atoms with E-state index in [1.807, 2.05) is 6.07 Å². The Morgan fingerprint density at radius 3 is 2.75 bits per heavy atom. The highest BCUT2D eigenvalue weighted by Gasteiger charge is 2.19. The molecule has 0 saturated carbocycles. The number of rotatable bonds is 2. The number of aromatic carboxylic acids is 1. The molecule has 0 aliphatic carbocycles. The van der Waals surface area contributed by atoms with Crippen molar-refractivity contribution >= 4 is 17.3 Å². The van der Waals surface area contributed by atoms with Crippen LogP contribution in [0.4, 0.5) is 0 Å². The van der Waals surface area contributed by atoms with E-state index in [0.717, 1.165) is 25.9 Å². The highest BCUT2D eigenvalue weighted by atomic mass is 32.1. The Bertz CT molecular complexity index is 372. The van der Waals surface area contributed by atoms with Crippen LogP contribution in [0.25, 0.3) is 0 Å². The van der Waals surface area contributed by atoms with E-state index in [2.05, 4.69) is 18.7 Å². The zero-order valence-electron chi connectivity index (χ0n) is 9.69. The largest absolute Gasteiger partial charge is 0.477 e. The van der Waals surface area contributed by atoms with Crippen molar-refractivity contribution in [3.8, 4) is 0 Å². The predicted octanol–water partition coefficient (Wildman–Crippen LogP) is 2.26. The van der Waals surface area contributed by atoms with Gasteiger partial charge in [-0.3, -0.25) is 0 Å². The molecule has 1 aliphatic rings. The summed E-state index contributed by atoms with van der Waals surface area (Å²) in [5, 5.41) is 8.94. The van der Waals surface area contributed by atoms with Crippen molar-refractivity contribution in [2.45, 2.75) is 32.7 Å². The molecule has 4 heteroatoms. The molecule has 0 radical (unpaired) electrons. The molecule has 2 rings (SSSR count). The van der Waals surface area contributed by atoms with Crippen molar-refractivity contribution in [1.29, 1.82) is 0 Å². The van der Waals surface area contributed by atoms with Crippen LogP contribution < -0.4 is 0 Å². The lowest BCUT2D eigenvalue weighted by molar-refractivity contribution is 0.0702. The van der Waals surface area contributed by atoms with Gasteiger partial charge in [-0.15, -0.1) is 11.3 Å². The lowest BCUT2D eigenvalue weighted by Gasteiger charge is -2.23. The van der Waals surface area contributed by atoms with E-state index in [4.69, 9.17) is 5.11 Å². The lowest BCUT2D eigenvalue weighted by Crippen LogP contribution is -2.33. The van der Waals surface area contributed by atoms with E-state index in [9.17, 15) is 4.79 Å². The molecular formula is C12H17NO2S. The second-order valence-electron chi connectivity index (χ2n) is 4.49. The third-order valence-electron chi connectivity index (χ3n) is 3.13. The second kappa shape index (κ2) is 4.55. The molecular weight excluding hydrogens is 222 g/mol. The smallest absolute Gasteiger partial charge is 0.345 e. The third-order valence-corrected chi connectivity index (χ3v) is 4.36. The maximum atomic E-state index is 10.9. The van der Waals surface area contributed by atoms with Gasteiger partial charge >= 0.3 is 5.97 Å². The summed E-state index contributed by atoms with van der Waals surface area (Å²) in [4.78, 5) is 15.1. The van der Waals surface area contributed by atoms with Crippen LogP contribution in [0, 0.1) is 0 Å². The van der Waals surface area contributed by atoms with Gasteiger partial charge in [0.1, 0.15) is 4.88 Å². The minimum atomic E-state index is -0.793. The summed E-state index contributed by atoms with van der Waals surface area (Å²) in [7, 11) is 0. The highest BCUT2D eigenvalue weighted by Crippen LogP contribution is 2.26. The van der Waals surface area contributed by atoms with Crippen LogP contribution in [-0.4, -0.2) is 35.1 Å². The molecule has 2 heterocycles. The SMILES string of the molecule is CC(C)N1CCc2cc(C(=O)O)sc2CC1. The minimum absolute atomic E-state index is 0.489. The molecule has 0 amide bonds. The Kier molecular flexibility index (Phi) is 3.30. The fraction of sp³-hybridized carbons (Fsp3) is 0.583. The van der Waals surface area contributed by atoms with Crippen LogP contribution in [0.2, 0.25) is 0 Å². The van der Waals surface area contributed by atoms with Crippen molar-refractivity contribution in [3.05, 3.63) is 21.4 Å². The van der Waals surface area contributed by atoms with Crippen LogP contribution >= 0.6 is 11.3 Å². The van der Waals surface area contributed by atoms with Crippen molar-refractivity contribution in [2.75, 3.05) is 13.1 Å². The van der Waals surface area contributed by atoms with E-state index in [-0.39, 0.29) is 0 Å². The topological polar surface area (TPSA) is 40.5 Å². The zero-order chi connectivity index (χ0) is 11.7. The van der Waals surface area contributed by atoms with Gasteiger partial charge in [-0.2, -0.15) is 0 Å². The number of thiophene rings is 1. The first-order valence-electron chi connectivity index (χ1n) is 5.67. The average Bonchev–Trinajstić information content (AvgIpc) is 2.52. The van der Waals surface area contributed by atoms with Gasteiger partial charge in [0.15, 0.2) is 0 Å². The summed E-state index contributed by atoms with van der Waals surface area (Å²) in [6, 6.07) is 2.43. The standard InChI is InChI=1S/C12H17NO2S/c1-8(2)13-5-3-9-7-11(12(14)15)16-10(9)4-6-13/h7-8H,3-6H2,1-2H3,(H,14,15). The fourth-order valence-electron chi connectivity index (χ4n) is 2.13. The van der Waals surface area contributed by atoms with Gasteiger partial charge in [-0.25, -0.2) is 4.79 Å². The first kappa shape index (κ1) is 11.6. The van der Waals surface area contributed by atoms with Crippen LogP contribution in [0.15, 0.2) is 6.07 Å². The Labute approximate surface area is 99.7 Å². The van der Waals surface area contributed by atoms with Gasteiger partial charge in [-0.1, -0.05) is 0 Å². The molecule has 0 saturated heterocycles. The Morgan fingerprint density at radius 1 is 1.44 bits per heavy atom. The van der Waals surface area contributed by atoms with Crippen LogP contribution in [0.1, 0.15) is 34.0 Å². The van der Waals surface area contributed by atoms with Gasteiger partial charge in [0.25, 0.3) is 0 Å². The zero-order valence-corrected chi connectivity index (χ0v) is 10.5. The molecule has 16 heavy (non-hydrogen) atoms. The van der Waals surface area contributed by atoms with E-state index in [0.29, 0.717) is 10.9 Å². The van der Waals surface area contributed by atoms with Gasteiger partial charge in [0.2, 0.25) is 0 Å². The van der Waals surface area contributed by atoms with Crippen molar-refractivity contribution in [1.82, 2.24) is 4.90 Å². The molecule has 0 spiro atoms. The van der Waals surface area contributed by atoms with Gasteiger partial charge in [0.05, 0.1) is 0 Å². The quantitative estimate of drug-likeness (QED) is 0.860. The van der Waals surface area contributed by atoms with Crippen LogP contribution in [0.3, 0.4) is 0 Å². The first-order valence-corrected chi connectivity index (χ1v) is 6.48. The molecule has 88 valence electrons. The van der Waals surface area contributed by atoms with E-state index >= 15 is 0 Å². The van der Waals surface area contributed by atoms with Crippen LogP contribution in [-0.2, 0) is 12.8 Å². The van der Waals surface area contributed by atoms with Gasteiger partial charge in [0, 0.05) is 24.0 Å². The molecule has 1 aliphatic heterocycles. The minimum Gasteiger partial charge on any atom is -0.477 e. The molecule has 3 nitrogen and oxygen atoms in total. The summed E-state index contributed by atoms with van der Waals surface area (Å²) in [6.45, 7) is 6.51. The average molecular weight is 239 g/mol. The number of carbonyl (C=O) groups is 1. The highest BCUT2D eigenvalue weighted by molar-refractivity contribution is 7.14. The number of hydrogen-bond donors (Lipinski definition) is 1. The third kappa shape index (κ3) is 2.28. The molecule has 0 bridgehead atoms. The molecule has 0 aromatic carbocycles. The lowest BCUT2D eigenvalue weighted by atomic mass is 10.1. The maximum absolute atomic E-state index is 10.9. The van der Waals surface area contributed by atoms with E-state index in [1.54, 1.807) is 0 Å². The van der Waals surface area contributed by atoms with E-state index < -0.39 is 5.97 Å².